The van der Waals surface area contributed by atoms with Crippen LogP contribution in [0.3, 0.4) is 0 Å². The largest absolute Gasteiger partial charge is 0.480 e. The molecule has 1 aromatic carbocycles. The van der Waals surface area contributed by atoms with Crippen LogP contribution in [0.25, 0.3) is 0 Å². The van der Waals surface area contributed by atoms with Gasteiger partial charge in [-0.1, -0.05) is 6.92 Å². The van der Waals surface area contributed by atoms with Crippen molar-refractivity contribution in [3.05, 3.63) is 28.2 Å². The normalized spacial score (nSPS) is 22.6. The molecule has 3 N–H and O–H groups in total. The van der Waals surface area contributed by atoms with Crippen molar-refractivity contribution in [1.29, 1.82) is 0 Å². The van der Waals surface area contributed by atoms with Crippen molar-refractivity contribution in [1.82, 2.24) is 4.90 Å². The zero-order valence-electron chi connectivity index (χ0n) is 11.2. The number of nitrogens with two attached hydrogens (primary N) is 1. The molecule has 0 saturated carbocycles. The first-order valence-corrected chi connectivity index (χ1v) is 7.28. The average molecular weight is 341 g/mol. The predicted octanol–water partition coefficient (Wildman–Crippen LogP) is 2.36. The molecule has 2 unspecified atom stereocenters. The van der Waals surface area contributed by atoms with Gasteiger partial charge in [0.25, 0.3) is 5.91 Å². The Bertz CT molecular complexity index is 547. The highest BCUT2D eigenvalue weighted by Gasteiger charge is 2.35. The lowest BCUT2D eigenvalue weighted by Gasteiger charge is -2.36. The lowest BCUT2D eigenvalue weighted by Crippen LogP contribution is -2.49. The molecule has 0 aliphatic carbocycles. The van der Waals surface area contributed by atoms with Gasteiger partial charge in [-0.3, -0.25) is 4.79 Å². The van der Waals surface area contributed by atoms with Gasteiger partial charge < -0.3 is 15.7 Å². The third kappa shape index (κ3) is 2.95. The molecule has 2 atom stereocenters. The van der Waals surface area contributed by atoms with E-state index in [1.807, 2.05) is 6.92 Å². The number of likely N-dealkylation sites (tertiary alicyclic amines) is 1. The summed E-state index contributed by atoms with van der Waals surface area (Å²) >= 11 is 3.27. The summed E-state index contributed by atoms with van der Waals surface area (Å²) in [7, 11) is 0. The molecule has 0 spiro atoms. The second-order valence-electron chi connectivity index (χ2n) is 5.22. The van der Waals surface area contributed by atoms with Crippen molar-refractivity contribution in [3.63, 3.8) is 0 Å². The molecule has 1 aromatic rings. The van der Waals surface area contributed by atoms with Crippen molar-refractivity contribution in [2.24, 2.45) is 5.92 Å². The summed E-state index contributed by atoms with van der Waals surface area (Å²) in [5.74, 6) is -0.909. The number of hydrogen-bond donors (Lipinski definition) is 2. The quantitative estimate of drug-likeness (QED) is 0.809. The highest BCUT2D eigenvalue weighted by molar-refractivity contribution is 9.10. The number of nitrogen functional groups attached to an aromatic ring is 1. The van der Waals surface area contributed by atoms with E-state index in [9.17, 15) is 14.7 Å². The molecule has 0 bridgehead atoms. The Labute approximate surface area is 125 Å². The van der Waals surface area contributed by atoms with E-state index in [1.54, 1.807) is 18.2 Å². The molecule has 1 fully saturated rings. The molecule has 2 rings (SSSR count). The Morgan fingerprint density at radius 3 is 2.75 bits per heavy atom. The van der Waals surface area contributed by atoms with E-state index in [2.05, 4.69) is 15.9 Å². The summed E-state index contributed by atoms with van der Waals surface area (Å²) in [6.45, 7) is 2.47. The van der Waals surface area contributed by atoms with Crippen molar-refractivity contribution in [2.45, 2.75) is 25.8 Å². The minimum atomic E-state index is -0.949. The smallest absolute Gasteiger partial charge is 0.326 e. The maximum absolute atomic E-state index is 12.5. The number of carbonyl (C=O) groups is 2. The van der Waals surface area contributed by atoms with Crippen molar-refractivity contribution in [2.75, 3.05) is 12.3 Å². The van der Waals surface area contributed by atoms with Gasteiger partial charge in [0.15, 0.2) is 0 Å². The zero-order chi connectivity index (χ0) is 14.9. The predicted molar refractivity (Wildman–Crippen MR) is 79.4 cm³/mol. The molecular weight excluding hydrogens is 324 g/mol. The highest BCUT2D eigenvalue weighted by Crippen LogP contribution is 2.26. The van der Waals surface area contributed by atoms with Crippen molar-refractivity contribution < 1.29 is 14.7 Å². The Kier molecular flexibility index (Phi) is 4.32. The van der Waals surface area contributed by atoms with Gasteiger partial charge in [-0.2, -0.15) is 0 Å². The lowest BCUT2D eigenvalue weighted by atomic mass is 9.92. The monoisotopic (exact) mass is 340 g/mol. The third-order valence-corrected chi connectivity index (χ3v) is 4.38. The van der Waals surface area contributed by atoms with E-state index in [0.29, 0.717) is 30.1 Å². The average Bonchev–Trinajstić information content (AvgIpc) is 2.41. The van der Waals surface area contributed by atoms with Crippen LogP contribution in [0, 0.1) is 5.92 Å². The zero-order valence-corrected chi connectivity index (χ0v) is 12.8. The molecule has 108 valence electrons. The molecular formula is C14H17BrN2O3. The Morgan fingerprint density at radius 2 is 2.15 bits per heavy atom. The van der Waals surface area contributed by atoms with Crippen LogP contribution in [0.2, 0.25) is 0 Å². The molecule has 1 saturated heterocycles. The van der Waals surface area contributed by atoms with Gasteiger partial charge in [-0.15, -0.1) is 0 Å². The van der Waals surface area contributed by atoms with Crippen LogP contribution < -0.4 is 5.73 Å². The number of benzene rings is 1. The maximum Gasteiger partial charge on any atom is 0.326 e. The van der Waals surface area contributed by atoms with Crippen LogP contribution >= 0.6 is 15.9 Å². The molecule has 0 radical (unpaired) electrons. The van der Waals surface area contributed by atoms with Crippen LogP contribution in [0.15, 0.2) is 22.7 Å². The van der Waals surface area contributed by atoms with Gasteiger partial charge in [0, 0.05) is 22.3 Å². The summed E-state index contributed by atoms with van der Waals surface area (Å²) in [6.07, 6.45) is 1.31. The molecule has 0 aromatic heterocycles. The van der Waals surface area contributed by atoms with Crippen LogP contribution in [0.1, 0.15) is 30.1 Å². The van der Waals surface area contributed by atoms with Gasteiger partial charge >= 0.3 is 5.97 Å². The number of piperidine rings is 1. The molecule has 20 heavy (non-hydrogen) atoms. The van der Waals surface area contributed by atoms with Gasteiger partial charge in [0.2, 0.25) is 0 Å². The SMILES string of the molecule is CC1CCN(C(=O)c2ccc(Br)c(N)c2)C(C(=O)O)C1. The van der Waals surface area contributed by atoms with E-state index >= 15 is 0 Å². The number of aliphatic carboxylic acids is 1. The summed E-state index contributed by atoms with van der Waals surface area (Å²) in [5, 5.41) is 9.29. The first-order valence-electron chi connectivity index (χ1n) is 6.49. The molecule has 1 aliphatic heterocycles. The van der Waals surface area contributed by atoms with Crippen LogP contribution in [-0.2, 0) is 4.79 Å². The minimum Gasteiger partial charge on any atom is -0.480 e. The first kappa shape index (κ1) is 14.8. The Hall–Kier alpha value is -1.56. The molecule has 1 aliphatic rings. The summed E-state index contributed by atoms with van der Waals surface area (Å²) in [4.78, 5) is 25.3. The number of anilines is 1. The Balaban J connectivity index is 2.26. The number of amides is 1. The standard InChI is InChI=1S/C14H17BrN2O3/c1-8-4-5-17(12(6-8)14(19)20)13(18)9-2-3-10(15)11(16)7-9/h2-3,7-8,12H,4-6,16H2,1H3,(H,19,20). The van der Waals surface area contributed by atoms with Crippen LogP contribution in [-0.4, -0.2) is 34.5 Å². The minimum absolute atomic E-state index is 0.275. The second-order valence-corrected chi connectivity index (χ2v) is 6.07. The van der Waals surface area contributed by atoms with Crippen LogP contribution in [0.5, 0.6) is 0 Å². The number of carboxylic acid groups (broad SMARTS) is 1. The first-order chi connectivity index (χ1) is 9.40. The number of carbonyl (C=O) groups excluding carboxylic acids is 1. The van der Waals surface area contributed by atoms with Gasteiger partial charge in [0.05, 0.1) is 0 Å². The summed E-state index contributed by atoms with van der Waals surface area (Å²) in [5.41, 5.74) is 6.66. The number of nitrogens with zero attached hydrogens (tertiary/aromatic N) is 1. The Morgan fingerprint density at radius 1 is 1.45 bits per heavy atom. The van der Waals surface area contributed by atoms with E-state index in [-0.39, 0.29) is 5.91 Å². The molecule has 1 amide bonds. The number of rotatable bonds is 2. The number of hydrogen-bond acceptors (Lipinski definition) is 3. The molecule has 5 nitrogen and oxygen atoms in total. The van der Waals surface area contributed by atoms with Gasteiger partial charge in [-0.25, -0.2) is 4.79 Å². The van der Waals surface area contributed by atoms with Crippen molar-refractivity contribution >= 4 is 33.5 Å². The van der Waals surface area contributed by atoms with E-state index < -0.39 is 12.0 Å². The second kappa shape index (κ2) is 5.83. The fourth-order valence-electron chi connectivity index (χ4n) is 2.46. The number of halogens is 1. The summed E-state index contributed by atoms with van der Waals surface area (Å²) in [6, 6.07) is 4.17. The van der Waals surface area contributed by atoms with E-state index in [1.165, 1.54) is 4.90 Å². The number of carboxylic acids is 1. The van der Waals surface area contributed by atoms with Crippen molar-refractivity contribution in [3.8, 4) is 0 Å². The van der Waals surface area contributed by atoms with E-state index in [0.717, 1.165) is 10.9 Å². The van der Waals surface area contributed by atoms with E-state index in [4.69, 9.17) is 5.73 Å². The lowest BCUT2D eigenvalue weighted by molar-refractivity contribution is -0.144. The highest BCUT2D eigenvalue weighted by atomic mass is 79.9. The van der Waals surface area contributed by atoms with Crippen LogP contribution in [0.4, 0.5) is 5.69 Å². The topological polar surface area (TPSA) is 83.6 Å². The molecule has 6 heteroatoms. The maximum atomic E-state index is 12.5. The molecule has 1 heterocycles. The van der Waals surface area contributed by atoms with Gasteiger partial charge in [-0.05, 0) is 52.9 Å². The van der Waals surface area contributed by atoms with Gasteiger partial charge in [0.1, 0.15) is 6.04 Å². The fourth-order valence-corrected chi connectivity index (χ4v) is 2.71. The summed E-state index contributed by atoms with van der Waals surface area (Å²) < 4.78 is 0.719. The third-order valence-electron chi connectivity index (χ3n) is 3.65. The fraction of sp³-hybridized carbons (Fsp3) is 0.429.